The Morgan fingerprint density at radius 2 is 2.08 bits per heavy atom. The molecule has 2 rings (SSSR count). The van der Waals surface area contributed by atoms with Gasteiger partial charge >= 0.3 is 5.97 Å². The van der Waals surface area contributed by atoms with Crippen LogP contribution in [0.5, 0.6) is 0 Å². The van der Waals surface area contributed by atoms with E-state index in [1.54, 1.807) is 0 Å². The molecule has 0 saturated carbocycles. The van der Waals surface area contributed by atoms with Gasteiger partial charge in [-0.3, -0.25) is 9.59 Å². The smallest absolute Gasteiger partial charge is 0.306 e. The molecule has 0 aromatic carbocycles. The summed E-state index contributed by atoms with van der Waals surface area (Å²) in [5.41, 5.74) is 0. The van der Waals surface area contributed by atoms with Crippen molar-refractivity contribution in [1.82, 2.24) is 5.32 Å². The van der Waals surface area contributed by atoms with Crippen molar-refractivity contribution in [2.45, 2.75) is 37.8 Å². The number of nitrogens with one attached hydrogen (secondary N) is 1. The van der Waals surface area contributed by atoms with Crippen molar-refractivity contribution in [1.29, 1.82) is 0 Å². The van der Waals surface area contributed by atoms with Crippen molar-refractivity contribution in [3.05, 3.63) is 0 Å². The minimum absolute atomic E-state index is 0.0658. The molecule has 2 aliphatic rings. The van der Waals surface area contributed by atoms with E-state index in [2.05, 4.69) is 5.32 Å². The van der Waals surface area contributed by atoms with Crippen LogP contribution < -0.4 is 5.32 Å². The highest BCUT2D eigenvalue weighted by Crippen LogP contribution is 2.22. The second-order valence-corrected chi connectivity index (χ2v) is 3.28. The Morgan fingerprint density at radius 1 is 1.25 bits per heavy atom. The molecule has 0 spiro atoms. The van der Waals surface area contributed by atoms with Crippen LogP contribution in [0.3, 0.4) is 0 Å². The monoisotopic (exact) mass is 169 g/mol. The molecule has 2 aliphatic heterocycles. The molecular formula is C8H11NO3. The van der Waals surface area contributed by atoms with Crippen LogP contribution in [0, 0.1) is 0 Å². The van der Waals surface area contributed by atoms with Crippen LogP contribution in [0.15, 0.2) is 0 Å². The van der Waals surface area contributed by atoms with E-state index in [-0.39, 0.29) is 24.0 Å². The van der Waals surface area contributed by atoms with E-state index in [1.807, 2.05) is 0 Å². The standard InChI is InChI=1S/C8H11NO3/c10-7-3-1-5(9-7)6-2-4-8(11)12-6/h5-6H,1-4H2,(H,9,10)/t5-,6-/m1/s1. The number of esters is 1. The van der Waals surface area contributed by atoms with Gasteiger partial charge in [0.15, 0.2) is 0 Å². The molecule has 0 bridgehead atoms. The maximum Gasteiger partial charge on any atom is 0.306 e. The highest BCUT2D eigenvalue weighted by atomic mass is 16.5. The maximum absolute atomic E-state index is 10.8. The summed E-state index contributed by atoms with van der Waals surface area (Å²) >= 11 is 0. The number of hydrogen-bond acceptors (Lipinski definition) is 3. The third-order valence-electron chi connectivity index (χ3n) is 2.39. The molecule has 2 atom stereocenters. The quantitative estimate of drug-likeness (QED) is 0.561. The fraction of sp³-hybridized carbons (Fsp3) is 0.750. The molecule has 2 fully saturated rings. The Kier molecular flexibility index (Phi) is 1.75. The van der Waals surface area contributed by atoms with Gasteiger partial charge in [-0.25, -0.2) is 0 Å². The second-order valence-electron chi connectivity index (χ2n) is 3.28. The number of amides is 1. The van der Waals surface area contributed by atoms with Crippen molar-refractivity contribution >= 4 is 11.9 Å². The first kappa shape index (κ1) is 7.58. The number of hydrogen-bond donors (Lipinski definition) is 1. The van der Waals surface area contributed by atoms with Gasteiger partial charge in [0.2, 0.25) is 5.91 Å². The molecule has 0 aliphatic carbocycles. The zero-order chi connectivity index (χ0) is 8.55. The zero-order valence-corrected chi connectivity index (χ0v) is 6.71. The Bertz CT molecular complexity index is 202. The van der Waals surface area contributed by atoms with Crippen molar-refractivity contribution in [2.24, 2.45) is 0 Å². The van der Waals surface area contributed by atoms with Gasteiger partial charge in [0.1, 0.15) is 6.10 Å². The molecule has 4 heteroatoms. The molecule has 2 saturated heterocycles. The van der Waals surface area contributed by atoms with Crippen LogP contribution in [-0.4, -0.2) is 24.0 Å². The molecule has 12 heavy (non-hydrogen) atoms. The summed E-state index contributed by atoms with van der Waals surface area (Å²) < 4.78 is 5.04. The van der Waals surface area contributed by atoms with Gasteiger partial charge in [0, 0.05) is 12.8 Å². The van der Waals surface area contributed by atoms with Crippen LogP contribution >= 0.6 is 0 Å². The molecule has 4 nitrogen and oxygen atoms in total. The lowest BCUT2D eigenvalue weighted by Gasteiger charge is -2.16. The van der Waals surface area contributed by atoms with Crippen LogP contribution in [0.2, 0.25) is 0 Å². The van der Waals surface area contributed by atoms with Crippen LogP contribution in [0.1, 0.15) is 25.7 Å². The van der Waals surface area contributed by atoms with Gasteiger partial charge in [-0.2, -0.15) is 0 Å². The van der Waals surface area contributed by atoms with Crippen LogP contribution in [0.4, 0.5) is 0 Å². The fourth-order valence-electron chi connectivity index (χ4n) is 1.75. The van der Waals surface area contributed by atoms with Crippen LogP contribution in [0.25, 0.3) is 0 Å². The van der Waals surface area contributed by atoms with Crippen molar-refractivity contribution in [3.63, 3.8) is 0 Å². The summed E-state index contributed by atoms with van der Waals surface area (Å²) in [6.45, 7) is 0. The summed E-state index contributed by atoms with van der Waals surface area (Å²) in [6.07, 6.45) is 2.56. The zero-order valence-electron chi connectivity index (χ0n) is 6.71. The molecule has 2 heterocycles. The number of carbonyl (C=O) groups excluding carboxylic acids is 2. The maximum atomic E-state index is 10.8. The fourth-order valence-corrected chi connectivity index (χ4v) is 1.75. The molecule has 0 unspecified atom stereocenters. The summed E-state index contributed by atoms with van der Waals surface area (Å²) in [5, 5.41) is 2.80. The highest BCUT2D eigenvalue weighted by Gasteiger charge is 2.34. The van der Waals surface area contributed by atoms with E-state index in [0.29, 0.717) is 12.8 Å². The predicted octanol–water partition coefficient (Wildman–Crippen LogP) is -0.0294. The first-order valence-corrected chi connectivity index (χ1v) is 4.24. The van der Waals surface area contributed by atoms with E-state index >= 15 is 0 Å². The predicted molar refractivity (Wildman–Crippen MR) is 40.3 cm³/mol. The molecule has 0 aromatic heterocycles. The van der Waals surface area contributed by atoms with Crippen molar-refractivity contribution in [2.75, 3.05) is 0 Å². The van der Waals surface area contributed by atoms with Crippen molar-refractivity contribution < 1.29 is 14.3 Å². The van der Waals surface area contributed by atoms with Gasteiger partial charge in [0.25, 0.3) is 0 Å². The SMILES string of the molecule is O=C1CC[C@H]([C@H]2CCC(=O)O2)N1. The average molecular weight is 169 g/mol. The van der Waals surface area contributed by atoms with Gasteiger partial charge in [-0.05, 0) is 12.8 Å². The second kappa shape index (κ2) is 2.77. The number of carbonyl (C=O) groups is 2. The van der Waals surface area contributed by atoms with E-state index in [9.17, 15) is 9.59 Å². The van der Waals surface area contributed by atoms with E-state index in [4.69, 9.17) is 4.74 Å². The lowest BCUT2D eigenvalue weighted by Crippen LogP contribution is -2.36. The lowest BCUT2D eigenvalue weighted by atomic mass is 10.1. The van der Waals surface area contributed by atoms with E-state index < -0.39 is 0 Å². The van der Waals surface area contributed by atoms with E-state index in [1.165, 1.54) is 0 Å². The summed E-state index contributed by atoms with van der Waals surface area (Å²) in [4.78, 5) is 21.6. The van der Waals surface area contributed by atoms with Gasteiger partial charge in [-0.15, -0.1) is 0 Å². The van der Waals surface area contributed by atoms with Gasteiger partial charge < -0.3 is 10.1 Å². The molecule has 66 valence electrons. The van der Waals surface area contributed by atoms with Crippen molar-refractivity contribution in [3.8, 4) is 0 Å². The average Bonchev–Trinajstić information content (AvgIpc) is 2.58. The molecule has 1 amide bonds. The summed E-state index contributed by atoms with van der Waals surface area (Å²) in [6, 6.07) is 0.0731. The largest absolute Gasteiger partial charge is 0.460 e. The van der Waals surface area contributed by atoms with Crippen LogP contribution in [-0.2, 0) is 14.3 Å². The Morgan fingerprint density at radius 3 is 2.58 bits per heavy atom. The first-order chi connectivity index (χ1) is 5.75. The third kappa shape index (κ3) is 1.29. The number of ether oxygens (including phenoxy) is 1. The minimum Gasteiger partial charge on any atom is -0.460 e. The number of cyclic esters (lactones) is 1. The third-order valence-corrected chi connectivity index (χ3v) is 2.39. The molecule has 0 aromatic rings. The Balaban J connectivity index is 1.93. The van der Waals surface area contributed by atoms with Gasteiger partial charge in [0.05, 0.1) is 6.04 Å². The molecule has 0 radical (unpaired) electrons. The molecule has 1 N–H and O–H groups in total. The number of rotatable bonds is 1. The first-order valence-electron chi connectivity index (χ1n) is 4.24. The molecular weight excluding hydrogens is 158 g/mol. The Labute approximate surface area is 70.3 Å². The highest BCUT2D eigenvalue weighted by molar-refractivity contribution is 5.79. The summed E-state index contributed by atoms with van der Waals surface area (Å²) in [7, 11) is 0. The summed E-state index contributed by atoms with van der Waals surface area (Å²) in [5.74, 6) is -0.0657. The van der Waals surface area contributed by atoms with Gasteiger partial charge in [-0.1, -0.05) is 0 Å². The minimum atomic E-state index is -0.138. The Hall–Kier alpha value is -1.06. The van der Waals surface area contributed by atoms with E-state index in [0.717, 1.165) is 12.8 Å². The topological polar surface area (TPSA) is 55.4 Å². The normalized spacial score (nSPS) is 35.0. The lowest BCUT2D eigenvalue weighted by molar-refractivity contribution is -0.142.